The van der Waals surface area contributed by atoms with Crippen molar-refractivity contribution in [2.45, 2.75) is 27.2 Å². The van der Waals surface area contributed by atoms with Crippen molar-refractivity contribution in [3.8, 4) is 5.82 Å². The van der Waals surface area contributed by atoms with Crippen molar-refractivity contribution in [2.75, 3.05) is 36.0 Å². The highest BCUT2D eigenvalue weighted by atomic mass is 19.1. The molecule has 146 valence electrons. The summed E-state index contributed by atoms with van der Waals surface area (Å²) in [6.45, 7) is 8.61. The van der Waals surface area contributed by atoms with Gasteiger partial charge in [0.1, 0.15) is 6.33 Å². The Balaban J connectivity index is 1.45. The summed E-state index contributed by atoms with van der Waals surface area (Å²) in [5.41, 5.74) is 2.42. The largest absolute Gasteiger partial charge is 0.352 e. The molecule has 0 amide bonds. The van der Waals surface area contributed by atoms with Crippen molar-refractivity contribution in [3.05, 3.63) is 47.4 Å². The molecular formula is C19H23FN8. The molecule has 8 nitrogen and oxygen atoms in total. The van der Waals surface area contributed by atoms with Crippen LogP contribution in [-0.4, -0.2) is 56.1 Å². The third-order valence-corrected chi connectivity index (χ3v) is 4.94. The van der Waals surface area contributed by atoms with Gasteiger partial charge in [-0.1, -0.05) is 6.92 Å². The van der Waals surface area contributed by atoms with Gasteiger partial charge in [-0.3, -0.25) is 0 Å². The first-order valence-corrected chi connectivity index (χ1v) is 9.43. The molecular weight excluding hydrogens is 359 g/mol. The van der Waals surface area contributed by atoms with E-state index < -0.39 is 0 Å². The molecule has 0 radical (unpaired) electrons. The van der Waals surface area contributed by atoms with E-state index in [-0.39, 0.29) is 5.82 Å². The van der Waals surface area contributed by atoms with Crippen molar-refractivity contribution in [3.63, 3.8) is 0 Å². The van der Waals surface area contributed by atoms with E-state index in [1.807, 2.05) is 43.9 Å². The highest BCUT2D eigenvalue weighted by Crippen LogP contribution is 2.21. The third-order valence-electron chi connectivity index (χ3n) is 4.94. The Bertz CT molecular complexity index is 961. The Morgan fingerprint density at radius 3 is 2.25 bits per heavy atom. The maximum atomic E-state index is 14.5. The van der Waals surface area contributed by atoms with Gasteiger partial charge >= 0.3 is 0 Å². The van der Waals surface area contributed by atoms with Gasteiger partial charge in [-0.25, -0.2) is 19.0 Å². The van der Waals surface area contributed by atoms with Crippen LogP contribution in [0.5, 0.6) is 0 Å². The Labute approximate surface area is 163 Å². The molecule has 1 aliphatic rings. The highest BCUT2D eigenvalue weighted by molar-refractivity contribution is 5.46. The monoisotopic (exact) mass is 382 g/mol. The number of piperazine rings is 1. The summed E-state index contributed by atoms with van der Waals surface area (Å²) >= 11 is 0. The first kappa shape index (κ1) is 18.3. The lowest BCUT2D eigenvalue weighted by atomic mass is 10.2. The van der Waals surface area contributed by atoms with Gasteiger partial charge in [0.2, 0.25) is 0 Å². The SMILES string of the molecule is CCc1ncnc(N2CCN(c3ccc(-n4nc(C)cc4C)nn3)CC2)c1F. The van der Waals surface area contributed by atoms with Crippen LogP contribution in [0.1, 0.15) is 24.0 Å². The smallest absolute Gasteiger partial charge is 0.187 e. The van der Waals surface area contributed by atoms with Crippen LogP contribution in [0, 0.1) is 19.7 Å². The fraction of sp³-hybridized carbons (Fsp3) is 0.421. The van der Waals surface area contributed by atoms with Gasteiger partial charge in [0.25, 0.3) is 0 Å². The van der Waals surface area contributed by atoms with Crippen molar-refractivity contribution >= 4 is 11.6 Å². The standard InChI is InChI=1S/C19H23FN8/c1-4-15-18(20)19(22-12-21-15)27-9-7-26(8-10-27)16-5-6-17(24-23-16)28-14(3)11-13(2)25-28/h5-6,11-12H,4,7-10H2,1-3H3. The number of aromatic nitrogens is 6. The second-order valence-electron chi connectivity index (χ2n) is 6.87. The summed E-state index contributed by atoms with van der Waals surface area (Å²) in [5.74, 6) is 1.58. The summed E-state index contributed by atoms with van der Waals surface area (Å²) in [6, 6.07) is 5.88. The maximum absolute atomic E-state index is 14.5. The van der Waals surface area contributed by atoms with Gasteiger partial charge in [-0.05, 0) is 38.5 Å². The minimum atomic E-state index is -0.313. The third kappa shape index (κ3) is 3.39. The molecule has 0 unspecified atom stereocenters. The summed E-state index contributed by atoms with van der Waals surface area (Å²) < 4.78 is 16.3. The van der Waals surface area contributed by atoms with Crippen LogP contribution in [0.15, 0.2) is 24.5 Å². The molecule has 0 aliphatic carbocycles. The van der Waals surface area contributed by atoms with Gasteiger partial charge in [0, 0.05) is 31.9 Å². The van der Waals surface area contributed by atoms with Gasteiger partial charge < -0.3 is 9.80 Å². The zero-order valence-electron chi connectivity index (χ0n) is 16.3. The predicted molar refractivity (Wildman–Crippen MR) is 104 cm³/mol. The Hall–Kier alpha value is -3.10. The van der Waals surface area contributed by atoms with Crippen LogP contribution >= 0.6 is 0 Å². The van der Waals surface area contributed by atoms with Crippen molar-refractivity contribution in [1.82, 2.24) is 29.9 Å². The van der Waals surface area contributed by atoms with E-state index in [4.69, 9.17) is 0 Å². The van der Waals surface area contributed by atoms with Gasteiger partial charge in [0.05, 0.1) is 11.4 Å². The lowest BCUT2D eigenvalue weighted by Gasteiger charge is -2.35. The molecule has 9 heteroatoms. The second-order valence-corrected chi connectivity index (χ2v) is 6.87. The van der Waals surface area contributed by atoms with Gasteiger partial charge in [-0.15, -0.1) is 10.2 Å². The van der Waals surface area contributed by atoms with Crippen molar-refractivity contribution in [1.29, 1.82) is 0 Å². The lowest BCUT2D eigenvalue weighted by molar-refractivity contribution is 0.567. The molecule has 3 aromatic heterocycles. The quantitative estimate of drug-likeness (QED) is 0.684. The Morgan fingerprint density at radius 1 is 0.964 bits per heavy atom. The Morgan fingerprint density at radius 2 is 1.64 bits per heavy atom. The van der Waals surface area contributed by atoms with Crippen LogP contribution in [0.25, 0.3) is 5.82 Å². The van der Waals surface area contributed by atoms with Gasteiger partial charge in [-0.2, -0.15) is 5.10 Å². The molecule has 1 saturated heterocycles. The van der Waals surface area contributed by atoms with E-state index in [0.717, 1.165) is 30.3 Å². The van der Waals surface area contributed by atoms with Crippen LogP contribution in [-0.2, 0) is 6.42 Å². The number of hydrogen-bond donors (Lipinski definition) is 0. The predicted octanol–water partition coefficient (Wildman–Crippen LogP) is 2.10. The minimum absolute atomic E-state index is 0.313. The number of aryl methyl sites for hydroxylation is 3. The molecule has 0 bridgehead atoms. The molecule has 1 fully saturated rings. The summed E-state index contributed by atoms with van der Waals surface area (Å²) in [7, 11) is 0. The second kappa shape index (κ2) is 7.49. The topological polar surface area (TPSA) is 75.9 Å². The average molecular weight is 382 g/mol. The van der Waals surface area contributed by atoms with Crippen LogP contribution in [0.4, 0.5) is 16.0 Å². The lowest BCUT2D eigenvalue weighted by Crippen LogP contribution is -2.47. The maximum Gasteiger partial charge on any atom is 0.187 e. The molecule has 0 spiro atoms. The van der Waals surface area contributed by atoms with E-state index in [1.165, 1.54) is 6.33 Å². The molecule has 4 heterocycles. The first-order chi connectivity index (χ1) is 13.6. The van der Waals surface area contributed by atoms with E-state index in [0.29, 0.717) is 36.8 Å². The zero-order chi connectivity index (χ0) is 19.7. The molecule has 1 aliphatic heterocycles. The van der Waals surface area contributed by atoms with E-state index in [9.17, 15) is 4.39 Å². The normalized spacial score (nSPS) is 14.6. The van der Waals surface area contributed by atoms with Crippen LogP contribution in [0.3, 0.4) is 0 Å². The fourth-order valence-electron chi connectivity index (χ4n) is 3.47. The molecule has 4 rings (SSSR count). The minimum Gasteiger partial charge on any atom is -0.352 e. The Kier molecular flexibility index (Phi) is 4.89. The highest BCUT2D eigenvalue weighted by Gasteiger charge is 2.23. The average Bonchev–Trinajstić information content (AvgIpc) is 3.06. The first-order valence-electron chi connectivity index (χ1n) is 9.43. The molecule has 0 N–H and O–H groups in total. The fourth-order valence-corrected chi connectivity index (χ4v) is 3.47. The summed E-state index contributed by atoms with van der Waals surface area (Å²) in [4.78, 5) is 12.3. The summed E-state index contributed by atoms with van der Waals surface area (Å²) in [5, 5.41) is 13.1. The van der Waals surface area contributed by atoms with E-state index in [2.05, 4.69) is 30.2 Å². The van der Waals surface area contributed by atoms with Crippen molar-refractivity contribution < 1.29 is 4.39 Å². The number of anilines is 2. The van der Waals surface area contributed by atoms with E-state index >= 15 is 0 Å². The van der Waals surface area contributed by atoms with Crippen LogP contribution < -0.4 is 9.80 Å². The van der Waals surface area contributed by atoms with Crippen LogP contribution in [0.2, 0.25) is 0 Å². The number of halogens is 1. The molecule has 0 atom stereocenters. The number of hydrogen-bond acceptors (Lipinski definition) is 7. The molecule has 0 aromatic carbocycles. The van der Waals surface area contributed by atoms with E-state index in [1.54, 1.807) is 4.68 Å². The zero-order valence-corrected chi connectivity index (χ0v) is 16.3. The number of rotatable bonds is 4. The van der Waals surface area contributed by atoms with Crippen molar-refractivity contribution in [2.24, 2.45) is 0 Å². The molecule has 28 heavy (non-hydrogen) atoms. The number of nitrogens with zero attached hydrogens (tertiary/aromatic N) is 8. The van der Waals surface area contributed by atoms with Gasteiger partial charge in [0.15, 0.2) is 23.3 Å². The molecule has 3 aromatic rings. The summed E-state index contributed by atoms with van der Waals surface area (Å²) in [6.07, 6.45) is 1.99. The molecule has 0 saturated carbocycles.